The number of nitrogens with zero attached hydrogens (tertiary/aromatic N) is 1. The Balaban J connectivity index is 1.61. The number of anilines is 2. The van der Waals surface area contributed by atoms with Gasteiger partial charge in [-0.15, -0.1) is 0 Å². The molecule has 1 aliphatic rings. The number of esters is 1. The van der Waals surface area contributed by atoms with Crippen LogP contribution in [0.1, 0.15) is 18.9 Å². The smallest absolute Gasteiger partial charge is 0.306 e. The summed E-state index contributed by atoms with van der Waals surface area (Å²) in [5, 5.41) is 2.72. The summed E-state index contributed by atoms with van der Waals surface area (Å²) in [4.78, 5) is 38.4. The van der Waals surface area contributed by atoms with E-state index in [1.807, 2.05) is 12.1 Å². The molecule has 8 nitrogen and oxygen atoms in total. The molecule has 0 bridgehead atoms. The summed E-state index contributed by atoms with van der Waals surface area (Å²) < 4.78 is 15.8. The number of fused-ring (bicyclic) bond motifs is 1. The van der Waals surface area contributed by atoms with Gasteiger partial charge in [0, 0.05) is 12.5 Å². The average molecular weight is 412 g/mol. The van der Waals surface area contributed by atoms with Gasteiger partial charge in [0.2, 0.25) is 5.91 Å². The molecule has 30 heavy (non-hydrogen) atoms. The first-order valence-corrected chi connectivity index (χ1v) is 9.53. The number of hydrogen-bond acceptors (Lipinski definition) is 6. The lowest BCUT2D eigenvalue weighted by molar-refractivity contribution is -0.153. The number of benzene rings is 2. The first-order valence-electron chi connectivity index (χ1n) is 9.53. The summed E-state index contributed by atoms with van der Waals surface area (Å²) in [6.45, 7) is 1.38. The van der Waals surface area contributed by atoms with Gasteiger partial charge in [-0.2, -0.15) is 0 Å². The lowest BCUT2D eigenvalue weighted by Gasteiger charge is -2.30. The van der Waals surface area contributed by atoms with E-state index in [9.17, 15) is 14.4 Å². The zero-order chi connectivity index (χ0) is 21.7. The van der Waals surface area contributed by atoms with Gasteiger partial charge in [-0.3, -0.25) is 19.3 Å². The van der Waals surface area contributed by atoms with Crippen molar-refractivity contribution in [1.29, 1.82) is 0 Å². The number of amides is 2. The Labute approximate surface area is 174 Å². The summed E-state index contributed by atoms with van der Waals surface area (Å²) in [5.41, 5.74) is 1.98. The molecule has 1 N–H and O–H groups in total. The molecule has 0 saturated heterocycles. The number of ether oxygens (including phenoxy) is 3. The Kier molecular flexibility index (Phi) is 6.56. The van der Waals surface area contributed by atoms with Gasteiger partial charge >= 0.3 is 5.97 Å². The maximum Gasteiger partial charge on any atom is 0.306 e. The van der Waals surface area contributed by atoms with Gasteiger partial charge in [-0.05, 0) is 43.2 Å². The number of carbonyl (C=O) groups is 3. The molecule has 0 unspecified atom stereocenters. The Bertz CT molecular complexity index is 936. The monoisotopic (exact) mass is 412 g/mol. The molecule has 2 aromatic carbocycles. The third kappa shape index (κ3) is 4.89. The molecule has 2 aromatic rings. The van der Waals surface area contributed by atoms with Crippen molar-refractivity contribution in [2.45, 2.75) is 25.9 Å². The second kappa shape index (κ2) is 9.30. The van der Waals surface area contributed by atoms with Crippen LogP contribution in [0.5, 0.6) is 11.5 Å². The minimum absolute atomic E-state index is 0.0883. The van der Waals surface area contributed by atoms with Gasteiger partial charge in [0.15, 0.2) is 6.10 Å². The molecule has 3 rings (SSSR count). The number of para-hydroxylation sites is 2. The lowest BCUT2D eigenvalue weighted by Crippen LogP contribution is -2.47. The van der Waals surface area contributed by atoms with E-state index in [-0.39, 0.29) is 18.9 Å². The highest BCUT2D eigenvalue weighted by Gasteiger charge is 2.31. The van der Waals surface area contributed by atoms with Crippen molar-refractivity contribution in [2.24, 2.45) is 0 Å². The zero-order valence-corrected chi connectivity index (χ0v) is 17.1. The van der Waals surface area contributed by atoms with Gasteiger partial charge in [0.1, 0.15) is 18.0 Å². The predicted molar refractivity (Wildman–Crippen MR) is 111 cm³/mol. The molecule has 0 spiro atoms. The molecule has 2 amide bonds. The number of aryl methyl sites for hydroxylation is 1. The van der Waals surface area contributed by atoms with E-state index >= 15 is 0 Å². The van der Waals surface area contributed by atoms with E-state index in [2.05, 4.69) is 5.32 Å². The van der Waals surface area contributed by atoms with Crippen LogP contribution in [0.3, 0.4) is 0 Å². The van der Waals surface area contributed by atoms with Gasteiger partial charge < -0.3 is 19.5 Å². The third-order valence-electron chi connectivity index (χ3n) is 4.72. The SMILES string of the molecule is COc1cc(CCC(=O)O[C@H](C)C(=O)N2CC(=O)Nc3ccccc32)cc(OC)c1. The van der Waals surface area contributed by atoms with Crippen LogP contribution in [0.25, 0.3) is 0 Å². The van der Waals surface area contributed by atoms with Gasteiger partial charge in [0.25, 0.3) is 5.91 Å². The van der Waals surface area contributed by atoms with E-state index in [0.717, 1.165) is 5.56 Å². The standard InChI is InChI=1S/C22H24N2O6/c1-14(22(27)24-13-20(25)23-18-6-4-5-7-19(18)24)30-21(26)9-8-15-10-16(28-2)12-17(11-15)29-3/h4-7,10-12,14H,8-9,13H2,1-3H3,(H,23,25)/t14-/m1/s1. The average Bonchev–Trinajstić information content (AvgIpc) is 2.76. The van der Waals surface area contributed by atoms with E-state index in [1.165, 1.54) is 11.8 Å². The highest BCUT2D eigenvalue weighted by Crippen LogP contribution is 2.29. The number of carbonyl (C=O) groups excluding carboxylic acids is 3. The summed E-state index contributed by atoms with van der Waals surface area (Å²) in [7, 11) is 3.11. The molecule has 158 valence electrons. The second-order valence-electron chi connectivity index (χ2n) is 6.84. The van der Waals surface area contributed by atoms with Crippen LogP contribution in [0.2, 0.25) is 0 Å². The summed E-state index contributed by atoms with van der Waals surface area (Å²) in [6, 6.07) is 12.4. The van der Waals surface area contributed by atoms with E-state index < -0.39 is 18.0 Å². The molecule has 0 aromatic heterocycles. The Morgan fingerprint density at radius 2 is 1.77 bits per heavy atom. The maximum absolute atomic E-state index is 12.8. The highest BCUT2D eigenvalue weighted by molar-refractivity contribution is 6.11. The van der Waals surface area contributed by atoms with Crippen molar-refractivity contribution in [2.75, 3.05) is 31.0 Å². The van der Waals surface area contributed by atoms with E-state index in [0.29, 0.717) is 29.3 Å². The molecule has 8 heteroatoms. The highest BCUT2D eigenvalue weighted by atomic mass is 16.5. The minimum Gasteiger partial charge on any atom is -0.497 e. The fraction of sp³-hybridized carbons (Fsp3) is 0.318. The lowest BCUT2D eigenvalue weighted by atomic mass is 10.1. The number of hydrogen-bond donors (Lipinski definition) is 1. The number of rotatable bonds is 7. The normalized spacial score (nSPS) is 13.7. The Morgan fingerprint density at radius 1 is 1.10 bits per heavy atom. The second-order valence-corrected chi connectivity index (χ2v) is 6.84. The Morgan fingerprint density at radius 3 is 2.43 bits per heavy atom. The largest absolute Gasteiger partial charge is 0.497 e. The topological polar surface area (TPSA) is 94.2 Å². The third-order valence-corrected chi connectivity index (χ3v) is 4.72. The van der Waals surface area contributed by atoms with Gasteiger partial charge in [-0.25, -0.2) is 0 Å². The van der Waals surface area contributed by atoms with Gasteiger partial charge in [-0.1, -0.05) is 12.1 Å². The fourth-order valence-electron chi connectivity index (χ4n) is 3.21. The number of methoxy groups -OCH3 is 2. The predicted octanol–water partition coefficient (Wildman–Crippen LogP) is 2.55. The van der Waals surface area contributed by atoms with Crippen LogP contribution >= 0.6 is 0 Å². The molecule has 1 heterocycles. The molecular formula is C22H24N2O6. The molecule has 0 fully saturated rings. The maximum atomic E-state index is 12.8. The summed E-state index contributed by atoms with van der Waals surface area (Å²) >= 11 is 0. The van der Waals surface area contributed by atoms with Crippen LogP contribution in [0.15, 0.2) is 42.5 Å². The van der Waals surface area contributed by atoms with Crippen molar-refractivity contribution in [3.05, 3.63) is 48.0 Å². The molecule has 0 radical (unpaired) electrons. The van der Waals surface area contributed by atoms with Crippen LogP contribution in [0, 0.1) is 0 Å². The molecular weight excluding hydrogens is 388 g/mol. The molecule has 0 aliphatic carbocycles. The van der Waals surface area contributed by atoms with Gasteiger partial charge in [0.05, 0.1) is 25.6 Å². The van der Waals surface area contributed by atoms with Crippen LogP contribution < -0.4 is 19.7 Å². The van der Waals surface area contributed by atoms with Crippen LogP contribution in [-0.4, -0.2) is 44.7 Å². The molecule has 0 saturated carbocycles. The summed E-state index contributed by atoms with van der Waals surface area (Å²) in [5.74, 6) is 0.000221. The Hall–Kier alpha value is -3.55. The van der Waals surface area contributed by atoms with Crippen molar-refractivity contribution < 1.29 is 28.6 Å². The quantitative estimate of drug-likeness (QED) is 0.703. The van der Waals surface area contributed by atoms with Crippen molar-refractivity contribution in [1.82, 2.24) is 0 Å². The van der Waals surface area contributed by atoms with Crippen molar-refractivity contribution >= 4 is 29.2 Å². The fourth-order valence-corrected chi connectivity index (χ4v) is 3.21. The van der Waals surface area contributed by atoms with Crippen molar-refractivity contribution in [3.8, 4) is 11.5 Å². The van der Waals surface area contributed by atoms with E-state index in [4.69, 9.17) is 14.2 Å². The number of nitrogens with one attached hydrogen (secondary N) is 1. The zero-order valence-electron chi connectivity index (χ0n) is 17.1. The summed E-state index contributed by atoms with van der Waals surface area (Å²) in [6.07, 6.45) is -0.524. The molecule has 1 atom stereocenters. The minimum atomic E-state index is -1.02. The van der Waals surface area contributed by atoms with Crippen molar-refractivity contribution in [3.63, 3.8) is 0 Å². The first kappa shape index (κ1) is 21.2. The van der Waals surface area contributed by atoms with Crippen LogP contribution in [0.4, 0.5) is 11.4 Å². The first-order chi connectivity index (χ1) is 14.4. The molecule has 1 aliphatic heterocycles. The van der Waals surface area contributed by atoms with Crippen LogP contribution in [-0.2, 0) is 25.5 Å². The van der Waals surface area contributed by atoms with E-state index in [1.54, 1.807) is 44.6 Å².